The zero-order valence-corrected chi connectivity index (χ0v) is 11.5. The summed E-state index contributed by atoms with van der Waals surface area (Å²) in [4.78, 5) is 14.8. The summed E-state index contributed by atoms with van der Waals surface area (Å²) in [6.45, 7) is 0. The number of carbonyl (C=O) groups is 1. The van der Waals surface area contributed by atoms with E-state index >= 15 is 0 Å². The fraction of sp³-hybridized carbons (Fsp3) is 0.533. The van der Waals surface area contributed by atoms with E-state index < -0.39 is 0 Å². The van der Waals surface area contributed by atoms with Gasteiger partial charge in [0.05, 0.1) is 12.8 Å². The molecule has 1 aromatic rings. The number of rotatable bonds is 1. The number of para-hydroxylation sites is 1. The molecule has 1 amide bonds. The van der Waals surface area contributed by atoms with Crippen LogP contribution in [0, 0.1) is 0 Å². The highest BCUT2D eigenvalue weighted by Gasteiger charge is 2.47. The molecule has 102 valence electrons. The molecule has 1 saturated carbocycles. The number of nitrogens with zero attached hydrogens (tertiary/aromatic N) is 1. The van der Waals surface area contributed by atoms with Gasteiger partial charge in [-0.15, -0.1) is 0 Å². The maximum absolute atomic E-state index is 12.6. The van der Waals surface area contributed by atoms with E-state index in [2.05, 4.69) is 10.2 Å². The maximum atomic E-state index is 12.6. The summed E-state index contributed by atoms with van der Waals surface area (Å²) in [5.74, 6) is 0.843. The molecule has 0 bridgehead atoms. The monoisotopic (exact) mass is 260 g/mol. The average molecular weight is 260 g/mol. The molecule has 0 unspecified atom stereocenters. The van der Waals surface area contributed by atoms with Crippen molar-refractivity contribution in [2.24, 2.45) is 0 Å². The van der Waals surface area contributed by atoms with Gasteiger partial charge in [-0.3, -0.25) is 4.79 Å². The molecular weight excluding hydrogens is 240 g/mol. The predicted octanol–water partition coefficient (Wildman–Crippen LogP) is 2.79. The van der Waals surface area contributed by atoms with Gasteiger partial charge in [0.2, 0.25) is 5.91 Å². The van der Waals surface area contributed by atoms with Gasteiger partial charge in [0, 0.05) is 7.05 Å². The van der Waals surface area contributed by atoms with Crippen LogP contribution in [-0.4, -0.2) is 25.6 Å². The Morgan fingerprint density at radius 2 is 2.00 bits per heavy atom. The predicted molar refractivity (Wildman–Crippen MR) is 75.8 cm³/mol. The van der Waals surface area contributed by atoms with Crippen LogP contribution in [0.2, 0.25) is 0 Å². The van der Waals surface area contributed by atoms with Gasteiger partial charge in [-0.1, -0.05) is 25.3 Å². The Morgan fingerprint density at radius 3 is 2.68 bits per heavy atom. The van der Waals surface area contributed by atoms with Crippen molar-refractivity contribution in [1.82, 2.24) is 0 Å². The number of anilines is 2. The maximum Gasteiger partial charge on any atom is 0.250 e. The standard InChI is InChI=1S/C15H20N2O2/c1-17-11-7-6-8-12(19-2)13(11)16-14(18)15(17)9-4-3-5-10-15/h6-8H,3-5,9-10H2,1-2H3,(H,16,18). The van der Waals surface area contributed by atoms with Crippen LogP contribution < -0.4 is 15.0 Å². The number of likely N-dealkylation sites (N-methyl/N-ethyl adjacent to an activating group) is 1. The number of fused-ring (bicyclic) bond motifs is 1. The third kappa shape index (κ3) is 1.70. The van der Waals surface area contributed by atoms with Crippen molar-refractivity contribution in [3.05, 3.63) is 18.2 Å². The van der Waals surface area contributed by atoms with E-state index in [4.69, 9.17) is 4.74 Å². The second kappa shape index (κ2) is 4.44. The molecule has 1 fully saturated rings. The first-order valence-corrected chi connectivity index (χ1v) is 6.91. The number of hydrogen-bond acceptors (Lipinski definition) is 3. The van der Waals surface area contributed by atoms with Crippen molar-refractivity contribution in [3.63, 3.8) is 0 Å². The lowest BCUT2D eigenvalue weighted by Crippen LogP contribution is -2.59. The fourth-order valence-corrected chi connectivity index (χ4v) is 3.41. The van der Waals surface area contributed by atoms with Gasteiger partial charge in [0.25, 0.3) is 0 Å². The highest BCUT2D eigenvalue weighted by atomic mass is 16.5. The Balaban J connectivity index is 2.08. The molecule has 4 heteroatoms. The quantitative estimate of drug-likeness (QED) is 0.844. The molecule has 1 N–H and O–H groups in total. The minimum atomic E-state index is -0.363. The number of methoxy groups -OCH3 is 1. The second-order valence-corrected chi connectivity index (χ2v) is 5.46. The summed E-state index contributed by atoms with van der Waals surface area (Å²) in [5.41, 5.74) is 1.49. The van der Waals surface area contributed by atoms with Crippen molar-refractivity contribution in [3.8, 4) is 5.75 Å². The number of ether oxygens (including phenoxy) is 1. The first-order chi connectivity index (χ1) is 9.19. The molecule has 0 atom stereocenters. The zero-order valence-electron chi connectivity index (χ0n) is 11.5. The lowest BCUT2D eigenvalue weighted by atomic mass is 9.78. The first kappa shape index (κ1) is 12.3. The molecule has 2 aliphatic rings. The Morgan fingerprint density at radius 1 is 1.26 bits per heavy atom. The van der Waals surface area contributed by atoms with Gasteiger partial charge in [-0.2, -0.15) is 0 Å². The number of nitrogens with one attached hydrogen (secondary N) is 1. The summed E-state index contributed by atoms with van der Waals surface area (Å²) in [5, 5.41) is 3.06. The molecule has 0 radical (unpaired) electrons. The number of amides is 1. The molecule has 0 saturated heterocycles. The molecule has 19 heavy (non-hydrogen) atoms. The summed E-state index contributed by atoms with van der Waals surface area (Å²) in [7, 11) is 3.66. The summed E-state index contributed by atoms with van der Waals surface area (Å²) in [6.07, 6.45) is 5.35. The molecular formula is C15H20N2O2. The molecule has 1 aromatic carbocycles. The van der Waals surface area contributed by atoms with Crippen molar-refractivity contribution in [2.45, 2.75) is 37.6 Å². The highest BCUT2D eigenvalue weighted by Crippen LogP contribution is 2.46. The largest absolute Gasteiger partial charge is 0.494 e. The van der Waals surface area contributed by atoms with Crippen LogP contribution in [0.3, 0.4) is 0 Å². The molecule has 1 aliphatic carbocycles. The number of hydrogen-bond donors (Lipinski definition) is 1. The third-order valence-corrected chi connectivity index (χ3v) is 4.57. The van der Waals surface area contributed by atoms with Gasteiger partial charge in [-0.25, -0.2) is 0 Å². The summed E-state index contributed by atoms with van der Waals surface area (Å²) >= 11 is 0. The van der Waals surface area contributed by atoms with E-state index in [1.54, 1.807) is 7.11 Å². The number of benzene rings is 1. The normalized spacial score (nSPS) is 20.9. The smallest absolute Gasteiger partial charge is 0.250 e. The van der Waals surface area contributed by atoms with E-state index in [1.165, 1.54) is 6.42 Å². The summed E-state index contributed by atoms with van der Waals surface area (Å²) < 4.78 is 5.34. The fourth-order valence-electron chi connectivity index (χ4n) is 3.41. The Kier molecular flexibility index (Phi) is 2.88. The third-order valence-electron chi connectivity index (χ3n) is 4.57. The SMILES string of the molecule is COc1cccc2c1NC(=O)C1(CCCCC1)N2C. The summed E-state index contributed by atoms with van der Waals surface area (Å²) in [6, 6.07) is 5.90. The molecule has 3 rings (SSSR count). The Hall–Kier alpha value is -1.71. The molecule has 1 heterocycles. The number of carbonyl (C=O) groups excluding carboxylic acids is 1. The van der Waals surface area contributed by atoms with Crippen LogP contribution in [0.5, 0.6) is 5.75 Å². The van der Waals surface area contributed by atoms with Gasteiger partial charge in [0.15, 0.2) is 0 Å². The van der Waals surface area contributed by atoms with E-state index in [0.717, 1.165) is 42.8 Å². The van der Waals surface area contributed by atoms with Gasteiger partial charge < -0.3 is 15.0 Å². The van der Waals surface area contributed by atoms with E-state index in [0.29, 0.717) is 0 Å². The van der Waals surface area contributed by atoms with Gasteiger partial charge in [0.1, 0.15) is 17.0 Å². The minimum Gasteiger partial charge on any atom is -0.494 e. The van der Waals surface area contributed by atoms with E-state index in [9.17, 15) is 4.79 Å². The average Bonchev–Trinajstić information content (AvgIpc) is 2.46. The van der Waals surface area contributed by atoms with Crippen LogP contribution in [-0.2, 0) is 4.79 Å². The topological polar surface area (TPSA) is 41.6 Å². The van der Waals surface area contributed by atoms with Crippen molar-refractivity contribution in [2.75, 3.05) is 24.4 Å². The molecule has 1 spiro atoms. The lowest BCUT2D eigenvalue weighted by Gasteiger charge is -2.48. The van der Waals surface area contributed by atoms with Crippen molar-refractivity contribution >= 4 is 17.3 Å². The van der Waals surface area contributed by atoms with E-state index in [-0.39, 0.29) is 11.4 Å². The first-order valence-electron chi connectivity index (χ1n) is 6.91. The highest BCUT2D eigenvalue weighted by molar-refractivity contribution is 6.08. The Labute approximate surface area is 113 Å². The lowest BCUT2D eigenvalue weighted by molar-refractivity contribution is -0.122. The minimum absolute atomic E-state index is 0.117. The van der Waals surface area contributed by atoms with Crippen LogP contribution in [0.1, 0.15) is 32.1 Å². The van der Waals surface area contributed by atoms with Crippen LogP contribution >= 0.6 is 0 Å². The second-order valence-electron chi connectivity index (χ2n) is 5.46. The van der Waals surface area contributed by atoms with Crippen molar-refractivity contribution < 1.29 is 9.53 Å². The van der Waals surface area contributed by atoms with E-state index in [1.807, 2.05) is 25.2 Å². The molecule has 4 nitrogen and oxygen atoms in total. The van der Waals surface area contributed by atoms with Crippen LogP contribution in [0.4, 0.5) is 11.4 Å². The van der Waals surface area contributed by atoms with Crippen LogP contribution in [0.25, 0.3) is 0 Å². The van der Waals surface area contributed by atoms with Crippen molar-refractivity contribution in [1.29, 1.82) is 0 Å². The zero-order chi connectivity index (χ0) is 13.5. The molecule has 0 aromatic heterocycles. The molecule has 1 aliphatic heterocycles. The van der Waals surface area contributed by atoms with Gasteiger partial charge in [-0.05, 0) is 25.0 Å². The van der Waals surface area contributed by atoms with Gasteiger partial charge >= 0.3 is 0 Å². The van der Waals surface area contributed by atoms with Crippen LogP contribution in [0.15, 0.2) is 18.2 Å². The Bertz CT molecular complexity index is 507.